The quantitative estimate of drug-likeness (QED) is 0.680. The molecule has 7 heteroatoms. The predicted octanol–water partition coefficient (Wildman–Crippen LogP) is 2.55. The molecular formula is C18H28N2O4S. The van der Waals surface area contributed by atoms with E-state index in [0.29, 0.717) is 29.8 Å². The molecular weight excluding hydrogens is 340 g/mol. The van der Waals surface area contributed by atoms with Crippen molar-refractivity contribution in [3.05, 3.63) is 22.4 Å². The van der Waals surface area contributed by atoms with Crippen molar-refractivity contribution in [2.75, 3.05) is 19.7 Å². The van der Waals surface area contributed by atoms with Gasteiger partial charge in [0.05, 0.1) is 4.88 Å². The topological polar surface area (TPSA) is 75.7 Å². The second-order valence-electron chi connectivity index (χ2n) is 6.87. The normalized spacial score (nSPS) is 12.1. The van der Waals surface area contributed by atoms with Crippen molar-refractivity contribution in [1.29, 1.82) is 0 Å². The molecule has 1 rings (SSSR count). The number of carbonyl (C=O) groups is 3. The Kier molecular flexibility index (Phi) is 8.61. The Hall–Kier alpha value is -1.89. The smallest absolute Gasteiger partial charge is 0.328 e. The van der Waals surface area contributed by atoms with Crippen LogP contribution in [-0.4, -0.2) is 48.4 Å². The molecule has 0 radical (unpaired) electrons. The van der Waals surface area contributed by atoms with Gasteiger partial charge in [-0.05, 0) is 30.2 Å². The predicted molar refractivity (Wildman–Crippen MR) is 98.5 cm³/mol. The molecule has 140 valence electrons. The van der Waals surface area contributed by atoms with Gasteiger partial charge < -0.3 is 15.0 Å². The van der Waals surface area contributed by atoms with E-state index in [1.54, 1.807) is 22.4 Å². The minimum Gasteiger partial charge on any atom is -0.454 e. The number of thiophene rings is 1. The first kappa shape index (κ1) is 21.2. The van der Waals surface area contributed by atoms with Crippen LogP contribution in [0.4, 0.5) is 0 Å². The zero-order valence-electron chi connectivity index (χ0n) is 15.6. The molecule has 1 N–H and O–H groups in total. The van der Waals surface area contributed by atoms with Gasteiger partial charge in [-0.25, -0.2) is 4.79 Å². The standard InChI is InChI=1S/C18H28N2O4S/c1-12(2)9-20(10-13(3)4)16(21)11-24-18(23)14(5)19-17(22)15-7-6-8-25-15/h6-8,12-14H,9-11H2,1-5H3,(H,19,22). The van der Waals surface area contributed by atoms with Crippen molar-refractivity contribution in [3.8, 4) is 0 Å². The molecule has 1 atom stereocenters. The van der Waals surface area contributed by atoms with Gasteiger partial charge >= 0.3 is 5.97 Å². The number of carbonyl (C=O) groups excluding carboxylic acids is 3. The largest absolute Gasteiger partial charge is 0.454 e. The van der Waals surface area contributed by atoms with Gasteiger partial charge in [0.15, 0.2) is 6.61 Å². The van der Waals surface area contributed by atoms with E-state index >= 15 is 0 Å². The van der Waals surface area contributed by atoms with Gasteiger partial charge in [-0.15, -0.1) is 11.3 Å². The number of ether oxygens (including phenoxy) is 1. The summed E-state index contributed by atoms with van der Waals surface area (Å²) in [6.45, 7) is 10.6. The number of hydrogen-bond donors (Lipinski definition) is 1. The summed E-state index contributed by atoms with van der Waals surface area (Å²) in [5.74, 6) is -0.489. The van der Waals surface area contributed by atoms with E-state index in [-0.39, 0.29) is 18.4 Å². The summed E-state index contributed by atoms with van der Waals surface area (Å²) in [5.41, 5.74) is 0. The molecule has 0 fully saturated rings. The first-order valence-electron chi connectivity index (χ1n) is 8.49. The van der Waals surface area contributed by atoms with Crippen LogP contribution in [0.25, 0.3) is 0 Å². The van der Waals surface area contributed by atoms with E-state index in [9.17, 15) is 14.4 Å². The lowest BCUT2D eigenvalue weighted by molar-refractivity contribution is -0.153. The molecule has 0 aliphatic rings. The lowest BCUT2D eigenvalue weighted by Crippen LogP contribution is -2.43. The third kappa shape index (κ3) is 7.69. The first-order chi connectivity index (χ1) is 11.7. The maximum absolute atomic E-state index is 12.3. The summed E-state index contributed by atoms with van der Waals surface area (Å²) >= 11 is 1.29. The molecule has 0 aliphatic carbocycles. The number of nitrogens with one attached hydrogen (secondary N) is 1. The lowest BCUT2D eigenvalue weighted by Gasteiger charge is -2.26. The fraction of sp³-hybridized carbons (Fsp3) is 0.611. The van der Waals surface area contributed by atoms with E-state index in [2.05, 4.69) is 5.32 Å². The van der Waals surface area contributed by atoms with Crippen molar-refractivity contribution in [2.24, 2.45) is 11.8 Å². The van der Waals surface area contributed by atoms with Crippen molar-refractivity contribution in [1.82, 2.24) is 10.2 Å². The third-order valence-corrected chi connectivity index (χ3v) is 4.18. The number of hydrogen-bond acceptors (Lipinski definition) is 5. The van der Waals surface area contributed by atoms with E-state index in [0.717, 1.165) is 0 Å². The summed E-state index contributed by atoms with van der Waals surface area (Å²) in [6, 6.07) is 2.63. The summed E-state index contributed by atoms with van der Waals surface area (Å²) in [5, 5.41) is 4.36. The number of esters is 1. The van der Waals surface area contributed by atoms with Crippen LogP contribution < -0.4 is 5.32 Å². The molecule has 1 aromatic rings. The molecule has 0 aromatic carbocycles. The Bertz CT molecular complexity index is 560. The van der Waals surface area contributed by atoms with Crippen LogP contribution in [0, 0.1) is 11.8 Å². The maximum atomic E-state index is 12.3. The molecule has 0 bridgehead atoms. The molecule has 25 heavy (non-hydrogen) atoms. The summed E-state index contributed by atoms with van der Waals surface area (Å²) in [4.78, 5) is 38.5. The molecule has 2 amide bonds. The minimum atomic E-state index is -0.814. The average Bonchev–Trinajstić information content (AvgIpc) is 3.05. The van der Waals surface area contributed by atoms with E-state index < -0.39 is 12.0 Å². The maximum Gasteiger partial charge on any atom is 0.328 e. The average molecular weight is 368 g/mol. The Balaban J connectivity index is 2.49. The Morgan fingerprint density at radius 3 is 2.20 bits per heavy atom. The molecule has 0 saturated carbocycles. The van der Waals surface area contributed by atoms with Crippen molar-refractivity contribution < 1.29 is 19.1 Å². The first-order valence-corrected chi connectivity index (χ1v) is 9.37. The van der Waals surface area contributed by atoms with Gasteiger partial charge in [0, 0.05) is 13.1 Å². The van der Waals surface area contributed by atoms with Crippen LogP contribution in [0.5, 0.6) is 0 Å². The monoisotopic (exact) mass is 368 g/mol. The van der Waals surface area contributed by atoms with Crippen LogP contribution in [0.1, 0.15) is 44.3 Å². The summed E-state index contributed by atoms with van der Waals surface area (Å²) < 4.78 is 5.09. The Morgan fingerprint density at radius 1 is 1.12 bits per heavy atom. The number of amides is 2. The molecule has 1 unspecified atom stereocenters. The van der Waals surface area contributed by atoms with Crippen LogP contribution in [0.3, 0.4) is 0 Å². The molecule has 6 nitrogen and oxygen atoms in total. The summed E-state index contributed by atoms with van der Waals surface area (Å²) in [7, 11) is 0. The fourth-order valence-corrected chi connectivity index (χ4v) is 2.87. The molecule has 1 aromatic heterocycles. The van der Waals surface area contributed by atoms with E-state index in [1.165, 1.54) is 18.3 Å². The molecule has 0 saturated heterocycles. The van der Waals surface area contributed by atoms with Crippen LogP contribution in [0.15, 0.2) is 17.5 Å². The molecule has 0 aliphatic heterocycles. The van der Waals surface area contributed by atoms with Crippen LogP contribution >= 0.6 is 11.3 Å². The molecule has 1 heterocycles. The van der Waals surface area contributed by atoms with Crippen LogP contribution in [0.2, 0.25) is 0 Å². The Morgan fingerprint density at radius 2 is 1.72 bits per heavy atom. The van der Waals surface area contributed by atoms with E-state index in [4.69, 9.17) is 4.74 Å². The zero-order chi connectivity index (χ0) is 19.0. The minimum absolute atomic E-state index is 0.215. The second-order valence-corrected chi connectivity index (χ2v) is 7.81. The van der Waals surface area contributed by atoms with Gasteiger partial charge in [0.1, 0.15) is 6.04 Å². The van der Waals surface area contributed by atoms with Crippen molar-refractivity contribution in [2.45, 2.75) is 40.7 Å². The van der Waals surface area contributed by atoms with Crippen LogP contribution in [-0.2, 0) is 14.3 Å². The van der Waals surface area contributed by atoms with Gasteiger partial charge in [-0.2, -0.15) is 0 Å². The SMILES string of the molecule is CC(C)CN(CC(C)C)C(=O)COC(=O)C(C)NC(=O)c1cccs1. The number of rotatable bonds is 9. The van der Waals surface area contributed by atoms with Gasteiger partial charge in [-0.1, -0.05) is 33.8 Å². The van der Waals surface area contributed by atoms with Crippen molar-refractivity contribution in [3.63, 3.8) is 0 Å². The highest BCUT2D eigenvalue weighted by Crippen LogP contribution is 2.08. The Labute approximate surface area is 153 Å². The fourth-order valence-electron chi connectivity index (χ4n) is 2.24. The second kappa shape index (κ2) is 10.2. The van der Waals surface area contributed by atoms with Crippen molar-refractivity contribution >= 4 is 29.1 Å². The highest BCUT2D eigenvalue weighted by Gasteiger charge is 2.22. The third-order valence-electron chi connectivity index (χ3n) is 3.31. The highest BCUT2D eigenvalue weighted by molar-refractivity contribution is 7.12. The zero-order valence-corrected chi connectivity index (χ0v) is 16.4. The molecule has 0 spiro atoms. The van der Waals surface area contributed by atoms with Gasteiger partial charge in [-0.3, -0.25) is 9.59 Å². The lowest BCUT2D eigenvalue weighted by atomic mass is 10.1. The highest BCUT2D eigenvalue weighted by atomic mass is 32.1. The number of nitrogens with zero attached hydrogens (tertiary/aromatic N) is 1. The van der Waals surface area contributed by atoms with Gasteiger partial charge in [0.25, 0.3) is 11.8 Å². The van der Waals surface area contributed by atoms with E-state index in [1.807, 2.05) is 27.7 Å². The summed E-state index contributed by atoms with van der Waals surface area (Å²) in [6.07, 6.45) is 0. The van der Waals surface area contributed by atoms with Gasteiger partial charge in [0.2, 0.25) is 0 Å².